The molecule has 0 unspecified atom stereocenters. The van der Waals surface area contributed by atoms with Gasteiger partial charge in [-0.15, -0.1) is 0 Å². The lowest BCUT2D eigenvalue weighted by Crippen LogP contribution is -1.89. The molecule has 0 radical (unpaired) electrons. The van der Waals surface area contributed by atoms with Crippen LogP contribution in [0.2, 0.25) is 0 Å². The van der Waals surface area contributed by atoms with Crippen LogP contribution in [0.5, 0.6) is 0 Å². The highest BCUT2D eigenvalue weighted by atomic mass is 15.1. The van der Waals surface area contributed by atoms with E-state index in [0.717, 1.165) is 12.1 Å². The summed E-state index contributed by atoms with van der Waals surface area (Å²) in [7, 11) is 0. The molecule has 0 amide bonds. The van der Waals surface area contributed by atoms with Crippen LogP contribution in [0.15, 0.2) is 17.8 Å². The molecule has 0 saturated heterocycles. The highest BCUT2D eigenvalue weighted by Gasteiger charge is 2.09. The zero-order chi connectivity index (χ0) is 6.97. The molecule has 2 rings (SSSR count). The molecule has 0 aromatic carbocycles. The van der Waals surface area contributed by atoms with Crippen molar-refractivity contribution in [3.63, 3.8) is 0 Å². The van der Waals surface area contributed by atoms with Crippen molar-refractivity contribution >= 4 is 6.08 Å². The second-order valence-electron chi connectivity index (χ2n) is 2.60. The van der Waals surface area contributed by atoms with Crippen LogP contribution in [0.1, 0.15) is 18.2 Å². The van der Waals surface area contributed by atoms with Crippen LogP contribution in [-0.4, -0.2) is 10.2 Å². The molecule has 0 bridgehead atoms. The minimum Gasteiger partial charge on any atom is -0.159 e. The summed E-state index contributed by atoms with van der Waals surface area (Å²) >= 11 is 0. The lowest BCUT2D eigenvalue weighted by atomic mass is 10.2. The Balaban J connectivity index is 2.54. The standard InChI is InChI=1S/C8H8N2/c1-6-4-7-2-3-9-10-8(7)5-6/h2-4H,5H2,1H3. The fourth-order valence-corrected chi connectivity index (χ4v) is 1.22. The predicted molar refractivity (Wildman–Crippen MR) is 39.4 cm³/mol. The van der Waals surface area contributed by atoms with Gasteiger partial charge in [-0.1, -0.05) is 11.6 Å². The molecule has 0 fully saturated rings. The van der Waals surface area contributed by atoms with Crippen LogP contribution >= 0.6 is 0 Å². The number of nitrogens with zero attached hydrogens (tertiary/aromatic N) is 2. The van der Waals surface area contributed by atoms with Gasteiger partial charge in [0.05, 0.1) is 11.9 Å². The molecular formula is C8H8N2. The lowest BCUT2D eigenvalue weighted by Gasteiger charge is -1.91. The maximum absolute atomic E-state index is 4.01. The third-order valence-corrected chi connectivity index (χ3v) is 1.68. The topological polar surface area (TPSA) is 25.8 Å². The Hall–Kier alpha value is -1.18. The van der Waals surface area contributed by atoms with Crippen molar-refractivity contribution in [1.82, 2.24) is 10.2 Å². The molecule has 0 saturated carbocycles. The van der Waals surface area contributed by atoms with Gasteiger partial charge in [-0.25, -0.2) is 0 Å². The Bertz CT molecular complexity index is 289. The number of hydrogen-bond acceptors (Lipinski definition) is 2. The first kappa shape index (κ1) is 5.59. The van der Waals surface area contributed by atoms with Crippen molar-refractivity contribution in [2.45, 2.75) is 13.3 Å². The van der Waals surface area contributed by atoms with Gasteiger partial charge in [-0.05, 0) is 18.6 Å². The first-order chi connectivity index (χ1) is 4.86. The van der Waals surface area contributed by atoms with E-state index in [-0.39, 0.29) is 0 Å². The highest BCUT2D eigenvalue weighted by Crippen LogP contribution is 2.20. The van der Waals surface area contributed by atoms with Gasteiger partial charge in [-0.3, -0.25) is 0 Å². The summed E-state index contributed by atoms with van der Waals surface area (Å²) in [6, 6.07) is 2.00. The Morgan fingerprint density at radius 3 is 3.20 bits per heavy atom. The maximum atomic E-state index is 4.01. The molecule has 1 aliphatic carbocycles. The number of hydrogen-bond donors (Lipinski definition) is 0. The molecule has 1 aromatic rings. The minimum atomic E-state index is 0.975. The van der Waals surface area contributed by atoms with Gasteiger partial charge in [0.25, 0.3) is 0 Å². The average Bonchev–Trinajstić information content (AvgIpc) is 2.27. The molecule has 1 heterocycles. The van der Waals surface area contributed by atoms with E-state index in [1.165, 1.54) is 11.1 Å². The zero-order valence-electron chi connectivity index (χ0n) is 5.83. The molecule has 1 aromatic heterocycles. The predicted octanol–water partition coefficient (Wildman–Crippen LogP) is 1.44. The Morgan fingerprint density at radius 1 is 1.50 bits per heavy atom. The Morgan fingerprint density at radius 2 is 2.40 bits per heavy atom. The lowest BCUT2D eigenvalue weighted by molar-refractivity contribution is 0.941. The molecule has 1 aliphatic rings. The molecule has 50 valence electrons. The van der Waals surface area contributed by atoms with E-state index in [9.17, 15) is 0 Å². The molecule has 0 atom stereocenters. The summed E-state index contributed by atoms with van der Waals surface area (Å²) in [6.07, 6.45) is 4.86. The van der Waals surface area contributed by atoms with E-state index < -0.39 is 0 Å². The highest BCUT2D eigenvalue weighted by molar-refractivity contribution is 5.60. The summed E-state index contributed by atoms with van der Waals surface area (Å²) in [5, 5.41) is 7.82. The van der Waals surface area contributed by atoms with Crippen LogP contribution in [0.3, 0.4) is 0 Å². The fraction of sp³-hybridized carbons (Fsp3) is 0.250. The number of fused-ring (bicyclic) bond motifs is 1. The van der Waals surface area contributed by atoms with Crippen LogP contribution in [0.4, 0.5) is 0 Å². The number of rotatable bonds is 0. The maximum Gasteiger partial charge on any atom is 0.0743 e. The van der Waals surface area contributed by atoms with Gasteiger partial charge in [0.15, 0.2) is 0 Å². The van der Waals surface area contributed by atoms with Crippen molar-refractivity contribution in [2.24, 2.45) is 0 Å². The van der Waals surface area contributed by atoms with Gasteiger partial charge in [0.1, 0.15) is 0 Å². The first-order valence-corrected chi connectivity index (χ1v) is 3.34. The summed E-state index contributed by atoms with van der Waals surface area (Å²) < 4.78 is 0. The summed E-state index contributed by atoms with van der Waals surface area (Å²) in [5.41, 5.74) is 3.71. The van der Waals surface area contributed by atoms with Gasteiger partial charge in [-0.2, -0.15) is 10.2 Å². The van der Waals surface area contributed by atoms with Crippen molar-refractivity contribution in [1.29, 1.82) is 0 Å². The largest absolute Gasteiger partial charge is 0.159 e. The Kier molecular flexibility index (Phi) is 1.07. The monoisotopic (exact) mass is 132 g/mol. The zero-order valence-corrected chi connectivity index (χ0v) is 5.83. The van der Waals surface area contributed by atoms with E-state index in [2.05, 4.69) is 23.2 Å². The molecule has 0 N–H and O–H groups in total. The number of allylic oxidation sites excluding steroid dienone is 1. The van der Waals surface area contributed by atoms with Crippen LogP contribution in [0.25, 0.3) is 6.08 Å². The smallest absolute Gasteiger partial charge is 0.0743 e. The Labute approximate surface area is 59.6 Å². The van der Waals surface area contributed by atoms with Crippen molar-refractivity contribution < 1.29 is 0 Å². The van der Waals surface area contributed by atoms with E-state index >= 15 is 0 Å². The second-order valence-corrected chi connectivity index (χ2v) is 2.60. The van der Waals surface area contributed by atoms with Crippen molar-refractivity contribution in [3.05, 3.63) is 29.1 Å². The van der Waals surface area contributed by atoms with Crippen LogP contribution in [-0.2, 0) is 6.42 Å². The molecule has 2 heteroatoms. The second kappa shape index (κ2) is 1.90. The molecule has 0 spiro atoms. The minimum absolute atomic E-state index is 0.975. The van der Waals surface area contributed by atoms with E-state index in [1.54, 1.807) is 6.20 Å². The van der Waals surface area contributed by atoms with E-state index in [0.29, 0.717) is 0 Å². The quantitative estimate of drug-likeness (QED) is 0.533. The van der Waals surface area contributed by atoms with Crippen LogP contribution in [0, 0.1) is 0 Å². The first-order valence-electron chi connectivity index (χ1n) is 3.34. The van der Waals surface area contributed by atoms with Gasteiger partial charge in [0, 0.05) is 6.42 Å². The van der Waals surface area contributed by atoms with E-state index in [1.807, 2.05) is 6.07 Å². The third-order valence-electron chi connectivity index (χ3n) is 1.68. The fourth-order valence-electron chi connectivity index (χ4n) is 1.22. The summed E-state index contributed by atoms with van der Waals surface area (Å²) in [5.74, 6) is 0. The van der Waals surface area contributed by atoms with Gasteiger partial charge >= 0.3 is 0 Å². The summed E-state index contributed by atoms with van der Waals surface area (Å²) in [4.78, 5) is 0. The molecule has 2 nitrogen and oxygen atoms in total. The molecular weight excluding hydrogens is 124 g/mol. The van der Waals surface area contributed by atoms with Gasteiger partial charge < -0.3 is 0 Å². The van der Waals surface area contributed by atoms with Crippen LogP contribution < -0.4 is 0 Å². The van der Waals surface area contributed by atoms with E-state index in [4.69, 9.17) is 0 Å². The SMILES string of the molecule is CC1=Cc2ccnnc2C1. The van der Waals surface area contributed by atoms with Crippen molar-refractivity contribution in [3.8, 4) is 0 Å². The molecule has 10 heavy (non-hydrogen) atoms. The van der Waals surface area contributed by atoms with Gasteiger partial charge in [0.2, 0.25) is 0 Å². The third kappa shape index (κ3) is 0.727. The molecule has 0 aliphatic heterocycles. The number of aromatic nitrogens is 2. The summed E-state index contributed by atoms with van der Waals surface area (Å²) in [6.45, 7) is 2.11. The van der Waals surface area contributed by atoms with Crippen molar-refractivity contribution in [2.75, 3.05) is 0 Å². The average molecular weight is 132 g/mol. The normalized spacial score (nSPS) is 14.7.